The molecule has 1 fully saturated rings. The lowest BCUT2D eigenvalue weighted by molar-refractivity contribution is -0.0382. The van der Waals surface area contributed by atoms with Gasteiger partial charge in [0, 0.05) is 34.5 Å². The van der Waals surface area contributed by atoms with Gasteiger partial charge in [0.05, 0.1) is 12.1 Å². The summed E-state index contributed by atoms with van der Waals surface area (Å²) in [5.41, 5.74) is 4.93. The van der Waals surface area contributed by atoms with Crippen molar-refractivity contribution in [3.8, 4) is 0 Å². The molecule has 3 aromatic carbocycles. The number of furan rings is 1. The molecule has 0 radical (unpaired) electrons. The number of benzene rings is 3. The van der Waals surface area contributed by atoms with Gasteiger partial charge >= 0.3 is 0 Å². The second-order valence-electron chi connectivity index (χ2n) is 7.80. The van der Waals surface area contributed by atoms with Gasteiger partial charge in [0.15, 0.2) is 0 Å². The normalized spacial score (nSPS) is 24.0. The van der Waals surface area contributed by atoms with Crippen LogP contribution in [0.15, 0.2) is 65.1 Å². The van der Waals surface area contributed by atoms with Crippen LogP contribution >= 0.6 is 0 Å². The van der Waals surface area contributed by atoms with Gasteiger partial charge in [0.1, 0.15) is 17.0 Å². The molecule has 140 valence electrons. The van der Waals surface area contributed by atoms with E-state index in [-0.39, 0.29) is 23.9 Å². The highest BCUT2D eigenvalue weighted by molar-refractivity contribution is 6.05. The Hall–Kier alpha value is -2.85. The van der Waals surface area contributed by atoms with E-state index in [1.807, 2.05) is 24.3 Å². The van der Waals surface area contributed by atoms with Crippen molar-refractivity contribution in [1.82, 2.24) is 0 Å². The first kappa shape index (κ1) is 16.1. The molecule has 2 aliphatic rings. The standard InChI is InChI=1S/C24H20FNO2/c25-15-8-9-20-19(13-15)24-17(5-3-11-27-24)23(26-20)14-7-10-22-18(12-14)16-4-1-2-6-21(16)28-22/h1-2,4,6-10,12-13,17,23-24,26H,3,5,11H2/t17?,23-,24?/m0/s1. The van der Waals surface area contributed by atoms with E-state index in [2.05, 4.69) is 29.6 Å². The van der Waals surface area contributed by atoms with Crippen LogP contribution < -0.4 is 5.32 Å². The summed E-state index contributed by atoms with van der Waals surface area (Å²) >= 11 is 0. The van der Waals surface area contributed by atoms with Crippen molar-refractivity contribution < 1.29 is 13.5 Å². The Morgan fingerprint density at radius 2 is 1.82 bits per heavy atom. The van der Waals surface area contributed by atoms with Crippen molar-refractivity contribution in [2.75, 3.05) is 11.9 Å². The van der Waals surface area contributed by atoms with Gasteiger partial charge in [0.25, 0.3) is 0 Å². The molecule has 4 heteroatoms. The van der Waals surface area contributed by atoms with E-state index in [9.17, 15) is 4.39 Å². The number of hydrogen-bond donors (Lipinski definition) is 1. The van der Waals surface area contributed by atoms with Crippen LogP contribution in [0.25, 0.3) is 21.9 Å². The lowest BCUT2D eigenvalue weighted by Gasteiger charge is -2.43. The fraction of sp³-hybridized carbons (Fsp3) is 0.250. The summed E-state index contributed by atoms with van der Waals surface area (Å²) in [5, 5.41) is 5.93. The molecule has 0 bridgehead atoms. The number of anilines is 1. The van der Waals surface area contributed by atoms with Gasteiger partial charge in [-0.15, -0.1) is 0 Å². The maximum absolute atomic E-state index is 13.9. The summed E-state index contributed by atoms with van der Waals surface area (Å²) in [6, 6.07) is 19.7. The summed E-state index contributed by atoms with van der Waals surface area (Å²) in [6.45, 7) is 0.731. The van der Waals surface area contributed by atoms with Crippen LogP contribution in [0.1, 0.15) is 36.1 Å². The van der Waals surface area contributed by atoms with Crippen molar-refractivity contribution in [2.45, 2.75) is 25.0 Å². The molecule has 1 aromatic heterocycles. The minimum absolute atomic E-state index is 0.0671. The molecular formula is C24H20FNO2. The molecule has 0 amide bonds. The molecule has 6 rings (SSSR count). The molecule has 3 nitrogen and oxygen atoms in total. The second kappa shape index (κ2) is 6.08. The van der Waals surface area contributed by atoms with Crippen LogP contribution in [0, 0.1) is 11.7 Å². The quantitative estimate of drug-likeness (QED) is 0.421. The van der Waals surface area contributed by atoms with Gasteiger partial charge in [-0.25, -0.2) is 4.39 Å². The molecule has 4 aromatic rings. The molecule has 0 saturated carbocycles. The van der Waals surface area contributed by atoms with E-state index >= 15 is 0 Å². The molecular weight excluding hydrogens is 353 g/mol. The Morgan fingerprint density at radius 1 is 0.929 bits per heavy atom. The van der Waals surface area contributed by atoms with Crippen molar-refractivity contribution in [2.24, 2.45) is 5.92 Å². The first-order valence-electron chi connectivity index (χ1n) is 9.87. The summed E-state index contributed by atoms with van der Waals surface area (Å²) in [4.78, 5) is 0. The molecule has 0 spiro atoms. The van der Waals surface area contributed by atoms with Crippen molar-refractivity contribution in [3.63, 3.8) is 0 Å². The lowest BCUT2D eigenvalue weighted by atomic mass is 9.77. The zero-order valence-corrected chi connectivity index (χ0v) is 15.3. The van der Waals surface area contributed by atoms with E-state index in [1.54, 1.807) is 6.07 Å². The molecule has 0 aliphatic carbocycles. The van der Waals surface area contributed by atoms with Crippen LogP contribution in [-0.2, 0) is 4.74 Å². The van der Waals surface area contributed by atoms with Gasteiger partial charge in [-0.2, -0.15) is 0 Å². The minimum atomic E-state index is -0.210. The Labute approximate surface area is 162 Å². The highest BCUT2D eigenvalue weighted by Crippen LogP contribution is 2.49. The van der Waals surface area contributed by atoms with Gasteiger partial charge in [-0.05, 0) is 54.8 Å². The van der Waals surface area contributed by atoms with Crippen LogP contribution in [-0.4, -0.2) is 6.61 Å². The second-order valence-corrected chi connectivity index (χ2v) is 7.80. The van der Waals surface area contributed by atoms with Crippen molar-refractivity contribution in [1.29, 1.82) is 0 Å². The first-order valence-corrected chi connectivity index (χ1v) is 9.87. The number of hydrogen-bond acceptors (Lipinski definition) is 3. The Bertz CT molecular complexity index is 1200. The molecule has 1 saturated heterocycles. The molecule has 28 heavy (non-hydrogen) atoms. The maximum Gasteiger partial charge on any atom is 0.135 e. The predicted octanol–water partition coefficient (Wildman–Crippen LogP) is 6.36. The van der Waals surface area contributed by atoms with Crippen LogP contribution in [0.5, 0.6) is 0 Å². The third kappa shape index (κ3) is 2.38. The Balaban J connectivity index is 1.49. The van der Waals surface area contributed by atoms with Crippen LogP contribution in [0.2, 0.25) is 0 Å². The number of halogens is 1. The third-order valence-corrected chi connectivity index (χ3v) is 6.19. The number of para-hydroxylation sites is 1. The van der Waals surface area contributed by atoms with Gasteiger partial charge in [0.2, 0.25) is 0 Å². The van der Waals surface area contributed by atoms with Gasteiger partial charge < -0.3 is 14.5 Å². The number of fused-ring (bicyclic) bond motifs is 6. The van der Waals surface area contributed by atoms with E-state index in [0.717, 1.165) is 52.6 Å². The average Bonchev–Trinajstić information content (AvgIpc) is 3.11. The summed E-state index contributed by atoms with van der Waals surface area (Å²) in [5.74, 6) is 0.0666. The van der Waals surface area contributed by atoms with E-state index < -0.39 is 0 Å². The maximum atomic E-state index is 13.9. The highest BCUT2D eigenvalue weighted by Gasteiger charge is 2.40. The monoisotopic (exact) mass is 373 g/mol. The van der Waals surface area contributed by atoms with Crippen molar-refractivity contribution >= 4 is 27.6 Å². The van der Waals surface area contributed by atoms with E-state index in [1.165, 1.54) is 11.6 Å². The average molecular weight is 373 g/mol. The van der Waals surface area contributed by atoms with Crippen LogP contribution in [0.3, 0.4) is 0 Å². The summed E-state index contributed by atoms with van der Waals surface area (Å²) < 4.78 is 26.0. The number of ether oxygens (including phenoxy) is 1. The topological polar surface area (TPSA) is 34.4 Å². The largest absolute Gasteiger partial charge is 0.456 e. The smallest absolute Gasteiger partial charge is 0.135 e. The molecule has 3 heterocycles. The molecule has 2 aliphatic heterocycles. The number of rotatable bonds is 1. The fourth-order valence-corrected chi connectivity index (χ4v) is 4.91. The van der Waals surface area contributed by atoms with E-state index in [4.69, 9.17) is 9.15 Å². The van der Waals surface area contributed by atoms with Crippen LogP contribution in [0.4, 0.5) is 10.1 Å². The number of nitrogens with one attached hydrogen (secondary N) is 1. The molecule has 1 N–H and O–H groups in total. The van der Waals surface area contributed by atoms with Gasteiger partial charge in [-0.1, -0.05) is 24.3 Å². The molecule has 3 atom stereocenters. The first-order chi connectivity index (χ1) is 13.8. The fourth-order valence-electron chi connectivity index (χ4n) is 4.91. The van der Waals surface area contributed by atoms with E-state index in [0.29, 0.717) is 0 Å². The van der Waals surface area contributed by atoms with Gasteiger partial charge in [-0.3, -0.25) is 0 Å². The SMILES string of the molecule is Fc1ccc2c(c1)C1OCCCC1[C@H](c1ccc3oc4ccccc4c3c1)N2. The third-order valence-electron chi connectivity index (χ3n) is 6.19. The predicted molar refractivity (Wildman–Crippen MR) is 108 cm³/mol. The van der Waals surface area contributed by atoms with Crippen molar-refractivity contribution in [3.05, 3.63) is 77.6 Å². The zero-order chi connectivity index (χ0) is 18.7. The Morgan fingerprint density at radius 3 is 2.79 bits per heavy atom. The lowest BCUT2D eigenvalue weighted by Crippen LogP contribution is -2.36. The summed E-state index contributed by atoms with van der Waals surface area (Å²) in [7, 11) is 0. The zero-order valence-electron chi connectivity index (χ0n) is 15.3. The Kier molecular flexibility index (Phi) is 3.50. The summed E-state index contributed by atoms with van der Waals surface area (Å²) in [6.07, 6.45) is 2.02. The highest BCUT2D eigenvalue weighted by atomic mass is 19.1. The molecule has 2 unspecified atom stereocenters. The minimum Gasteiger partial charge on any atom is -0.456 e.